The van der Waals surface area contributed by atoms with Crippen LogP contribution in [0.1, 0.15) is 13.3 Å². The van der Waals surface area contributed by atoms with Gasteiger partial charge in [-0.2, -0.15) is 0 Å². The summed E-state index contributed by atoms with van der Waals surface area (Å²) in [5.41, 5.74) is 0. The van der Waals surface area contributed by atoms with Crippen molar-refractivity contribution in [2.24, 2.45) is 15.5 Å². The summed E-state index contributed by atoms with van der Waals surface area (Å²) in [6, 6.07) is 0. The van der Waals surface area contributed by atoms with Gasteiger partial charge >= 0.3 is 0 Å². The summed E-state index contributed by atoms with van der Waals surface area (Å²) in [6.07, 6.45) is 5.19. The normalized spacial score (nSPS) is 11.6. The quantitative estimate of drug-likeness (QED) is 0.335. The van der Waals surface area contributed by atoms with Crippen LogP contribution in [0.3, 0.4) is 0 Å². The molecular formula is C8H15N3O3. The van der Waals surface area contributed by atoms with Crippen LogP contribution in [0.4, 0.5) is 0 Å². The number of hydrogen-bond acceptors (Lipinski definition) is 6. The summed E-state index contributed by atoms with van der Waals surface area (Å²) < 4.78 is 0. The highest BCUT2D eigenvalue weighted by Crippen LogP contribution is 1.77. The monoisotopic (exact) mass is 201 g/mol. The molecule has 0 saturated heterocycles. The molecule has 0 aromatic rings. The van der Waals surface area contributed by atoms with Gasteiger partial charge in [-0.3, -0.25) is 0 Å². The largest absolute Gasteiger partial charge is 0.399 e. The maximum Gasteiger partial charge on any atom is 0.155 e. The second kappa shape index (κ2) is 11.4. The van der Waals surface area contributed by atoms with Gasteiger partial charge in [-0.1, -0.05) is 15.5 Å². The molecule has 6 nitrogen and oxygen atoms in total. The molecule has 0 amide bonds. The topological polar surface area (TPSA) is 64.8 Å². The van der Waals surface area contributed by atoms with E-state index in [1.165, 1.54) is 13.3 Å². The molecule has 0 rings (SSSR count). The Morgan fingerprint density at radius 1 is 1.00 bits per heavy atom. The summed E-state index contributed by atoms with van der Waals surface area (Å²) in [4.78, 5) is 13.9. The minimum absolute atomic E-state index is 0.290. The SMILES string of the molecule is CCON=CCON=CCC=NOC. The lowest BCUT2D eigenvalue weighted by Gasteiger charge is -1.91. The second-order valence-electron chi connectivity index (χ2n) is 2.00. The molecular weight excluding hydrogens is 186 g/mol. The van der Waals surface area contributed by atoms with E-state index < -0.39 is 0 Å². The van der Waals surface area contributed by atoms with E-state index >= 15 is 0 Å². The van der Waals surface area contributed by atoms with Crippen LogP contribution in [0.5, 0.6) is 0 Å². The predicted molar refractivity (Wildman–Crippen MR) is 54.7 cm³/mol. The van der Waals surface area contributed by atoms with E-state index in [1.807, 2.05) is 6.92 Å². The van der Waals surface area contributed by atoms with E-state index in [4.69, 9.17) is 9.68 Å². The van der Waals surface area contributed by atoms with E-state index in [0.717, 1.165) is 0 Å². The molecule has 80 valence electrons. The first-order valence-corrected chi connectivity index (χ1v) is 4.24. The fraction of sp³-hybridized carbons (Fsp3) is 0.625. The van der Waals surface area contributed by atoms with Crippen LogP contribution < -0.4 is 0 Å². The van der Waals surface area contributed by atoms with Crippen LogP contribution in [-0.2, 0) is 14.5 Å². The first-order valence-electron chi connectivity index (χ1n) is 4.24. The molecule has 0 heterocycles. The van der Waals surface area contributed by atoms with Crippen LogP contribution in [0, 0.1) is 0 Å². The highest BCUT2D eigenvalue weighted by molar-refractivity contribution is 5.78. The maximum absolute atomic E-state index is 4.80. The summed E-state index contributed by atoms with van der Waals surface area (Å²) in [5, 5.41) is 10.7. The number of rotatable bonds is 8. The third-order valence-electron chi connectivity index (χ3n) is 0.967. The summed E-state index contributed by atoms with van der Waals surface area (Å²) in [5.74, 6) is 0. The number of oxime groups is 3. The van der Waals surface area contributed by atoms with E-state index in [2.05, 4.69) is 20.3 Å². The minimum atomic E-state index is 0.290. The Hall–Kier alpha value is -1.59. The Morgan fingerprint density at radius 2 is 1.71 bits per heavy atom. The molecule has 0 bridgehead atoms. The molecule has 0 aliphatic heterocycles. The van der Waals surface area contributed by atoms with Crippen molar-refractivity contribution in [1.82, 2.24) is 0 Å². The molecule has 0 radical (unpaired) electrons. The van der Waals surface area contributed by atoms with Gasteiger partial charge in [0.1, 0.15) is 13.7 Å². The van der Waals surface area contributed by atoms with E-state index in [1.54, 1.807) is 12.4 Å². The van der Waals surface area contributed by atoms with Crippen molar-refractivity contribution in [2.45, 2.75) is 13.3 Å². The summed E-state index contributed by atoms with van der Waals surface area (Å²) >= 11 is 0. The van der Waals surface area contributed by atoms with Crippen molar-refractivity contribution in [1.29, 1.82) is 0 Å². The molecule has 14 heavy (non-hydrogen) atoms. The maximum atomic E-state index is 4.80. The Bertz CT molecular complexity index is 192. The van der Waals surface area contributed by atoms with Crippen molar-refractivity contribution < 1.29 is 14.5 Å². The molecule has 0 aromatic carbocycles. The first kappa shape index (κ1) is 12.4. The van der Waals surface area contributed by atoms with Gasteiger partial charge in [0.25, 0.3) is 0 Å². The number of nitrogens with zero attached hydrogens (tertiary/aromatic N) is 3. The van der Waals surface area contributed by atoms with Gasteiger partial charge < -0.3 is 14.5 Å². The Balaban J connectivity index is 3.22. The highest BCUT2D eigenvalue weighted by atomic mass is 16.6. The molecule has 0 aliphatic carbocycles. The fourth-order valence-electron chi connectivity index (χ4n) is 0.494. The molecule has 0 fully saturated rings. The van der Waals surface area contributed by atoms with Crippen molar-refractivity contribution in [3.05, 3.63) is 0 Å². The fourth-order valence-corrected chi connectivity index (χ4v) is 0.494. The summed E-state index contributed by atoms with van der Waals surface area (Å²) in [6.45, 7) is 2.69. The van der Waals surface area contributed by atoms with Gasteiger partial charge in [-0.25, -0.2) is 0 Å². The van der Waals surface area contributed by atoms with Crippen LogP contribution in [0.2, 0.25) is 0 Å². The van der Waals surface area contributed by atoms with E-state index in [-0.39, 0.29) is 6.61 Å². The second-order valence-corrected chi connectivity index (χ2v) is 2.00. The standard InChI is InChI=1S/C8H15N3O3/c1-3-13-11-7-8-14-10-6-4-5-9-12-2/h5-7H,3-4,8H2,1-2H3. The molecule has 0 unspecified atom stereocenters. The molecule has 0 saturated carbocycles. The average Bonchev–Trinajstić information content (AvgIpc) is 2.21. The van der Waals surface area contributed by atoms with Gasteiger partial charge in [-0.15, -0.1) is 0 Å². The molecule has 0 aliphatic rings. The van der Waals surface area contributed by atoms with E-state index in [9.17, 15) is 0 Å². The molecule has 0 aromatic heterocycles. The van der Waals surface area contributed by atoms with Crippen LogP contribution in [0.15, 0.2) is 15.5 Å². The first-order chi connectivity index (χ1) is 6.91. The molecule has 6 heteroatoms. The van der Waals surface area contributed by atoms with Gasteiger partial charge in [0.15, 0.2) is 6.61 Å². The van der Waals surface area contributed by atoms with Crippen LogP contribution in [0.25, 0.3) is 0 Å². The lowest BCUT2D eigenvalue weighted by molar-refractivity contribution is 0.150. The Kier molecular flexibility index (Phi) is 10.1. The molecule has 0 N–H and O–H groups in total. The predicted octanol–water partition coefficient (Wildman–Crippen LogP) is 1.03. The highest BCUT2D eigenvalue weighted by Gasteiger charge is 1.77. The Labute approximate surface area is 83.2 Å². The van der Waals surface area contributed by atoms with Gasteiger partial charge in [0.05, 0.1) is 6.21 Å². The van der Waals surface area contributed by atoms with Crippen molar-refractivity contribution >= 4 is 18.6 Å². The third-order valence-corrected chi connectivity index (χ3v) is 0.967. The van der Waals surface area contributed by atoms with Gasteiger partial charge in [0.2, 0.25) is 0 Å². The van der Waals surface area contributed by atoms with Crippen LogP contribution in [-0.4, -0.2) is 39.0 Å². The Morgan fingerprint density at radius 3 is 2.43 bits per heavy atom. The van der Waals surface area contributed by atoms with Gasteiger partial charge in [0, 0.05) is 18.9 Å². The van der Waals surface area contributed by atoms with E-state index in [0.29, 0.717) is 13.0 Å². The van der Waals surface area contributed by atoms with Crippen molar-refractivity contribution in [3.8, 4) is 0 Å². The van der Waals surface area contributed by atoms with Crippen molar-refractivity contribution in [2.75, 3.05) is 20.3 Å². The van der Waals surface area contributed by atoms with Crippen LogP contribution >= 0.6 is 0 Å². The third kappa shape index (κ3) is 10.4. The molecule has 0 spiro atoms. The zero-order valence-electron chi connectivity index (χ0n) is 8.42. The summed E-state index contributed by atoms with van der Waals surface area (Å²) in [7, 11) is 1.48. The lowest BCUT2D eigenvalue weighted by Crippen LogP contribution is -1.91. The zero-order chi connectivity index (χ0) is 10.5. The number of hydrogen-bond donors (Lipinski definition) is 0. The molecule has 0 atom stereocenters. The minimum Gasteiger partial charge on any atom is -0.399 e. The van der Waals surface area contributed by atoms with Crippen molar-refractivity contribution in [3.63, 3.8) is 0 Å². The van der Waals surface area contributed by atoms with Gasteiger partial charge in [-0.05, 0) is 6.92 Å². The lowest BCUT2D eigenvalue weighted by atomic mass is 10.5. The smallest absolute Gasteiger partial charge is 0.155 e. The zero-order valence-corrected chi connectivity index (χ0v) is 8.42. The average molecular weight is 201 g/mol.